The van der Waals surface area contributed by atoms with E-state index in [-0.39, 0.29) is 15.6 Å². The van der Waals surface area contributed by atoms with Crippen molar-refractivity contribution >= 4 is 37.5 Å². The van der Waals surface area contributed by atoms with Gasteiger partial charge in [-0.15, -0.1) is 0 Å². The second kappa shape index (κ2) is 5.02. The molecule has 0 unspecified atom stereocenters. The third-order valence-electron chi connectivity index (χ3n) is 1.99. The molecule has 0 spiro atoms. The lowest BCUT2D eigenvalue weighted by Gasteiger charge is -2.14. The zero-order valence-corrected chi connectivity index (χ0v) is 12.0. The van der Waals surface area contributed by atoms with Crippen molar-refractivity contribution in [2.24, 2.45) is 5.14 Å². The minimum absolute atomic E-state index is 0.0584. The second-order valence-corrected chi connectivity index (χ2v) is 7.43. The monoisotopic (exact) mass is 313 g/mol. The van der Waals surface area contributed by atoms with Gasteiger partial charge in [0.2, 0.25) is 10.0 Å². The van der Waals surface area contributed by atoms with Gasteiger partial charge in [0.1, 0.15) is 0 Å². The number of primary sulfonamides is 1. The van der Waals surface area contributed by atoms with E-state index in [2.05, 4.69) is 4.72 Å². The number of nitrogens with zero attached hydrogens (tertiary/aromatic N) is 1. The highest BCUT2D eigenvalue weighted by Gasteiger charge is 2.17. The highest BCUT2D eigenvalue weighted by molar-refractivity contribution is 7.90. The van der Waals surface area contributed by atoms with Crippen LogP contribution in [0.1, 0.15) is 0 Å². The SMILES string of the molecule is CN(C)S(=O)(=O)Nc1cc(S(N)(=O)=O)ccc1Cl. The molecule has 0 bridgehead atoms. The normalized spacial score (nSPS) is 12.7. The average Bonchev–Trinajstić information content (AvgIpc) is 2.19. The molecule has 7 nitrogen and oxygen atoms in total. The molecule has 0 radical (unpaired) electrons. The van der Waals surface area contributed by atoms with E-state index >= 15 is 0 Å². The predicted molar refractivity (Wildman–Crippen MR) is 69.1 cm³/mol. The van der Waals surface area contributed by atoms with Crippen molar-refractivity contribution in [1.82, 2.24) is 4.31 Å². The highest BCUT2D eigenvalue weighted by atomic mass is 35.5. The number of hydrogen-bond donors (Lipinski definition) is 2. The Labute approximate surface area is 111 Å². The Morgan fingerprint density at radius 2 is 1.78 bits per heavy atom. The minimum atomic E-state index is -3.92. The van der Waals surface area contributed by atoms with Gasteiger partial charge in [-0.25, -0.2) is 13.6 Å². The predicted octanol–water partition coefficient (Wildman–Crippen LogP) is 0.206. The Kier molecular flexibility index (Phi) is 4.23. The lowest BCUT2D eigenvalue weighted by Crippen LogP contribution is -2.29. The van der Waals surface area contributed by atoms with Gasteiger partial charge in [0, 0.05) is 14.1 Å². The van der Waals surface area contributed by atoms with Crippen molar-refractivity contribution in [1.29, 1.82) is 0 Å². The number of rotatable bonds is 4. The Hall–Kier alpha value is -0.870. The zero-order valence-electron chi connectivity index (χ0n) is 9.58. The van der Waals surface area contributed by atoms with Gasteiger partial charge in [0.05, 0.1) is 15.6 Å². The maximum atomic E-state index is 11.6. The fourth-order valence-corrected chi connectivity index (χ4v) is 2.38. The van der Waals surface area contributed by atoms with Crippen molar-refractivity contribution in [3.8, 4) is 0 Å². The van der Waals surface area contributed by atoms with E-state index in [0.717, 1.165) is 10.4 Å². The van der Waals surface area contributed by atoms with E-state index in [1.165, 1.54) is 26.2 Å². The van der Waals surface area contributed by atoms with Gasteiger partial charge < -0.3 is 0 Å². The molecule has 0 fully saturated rings. The molecule has 1 rings (SSSR count). The molecule has 0 heterocycles. The van der Waals surface area contributed by atoms with Crippen molar-refractivity contribution in [2.75, 3.05) is 18.8 Å². The largest absolute Gasteiger partial charge is 0.301 e. The second-order valence-electron chi connectivity index (χ2n) is 3.58. The molecule has 3 N–H and O–H groups in total. The minimum Gasteiger partial charge on any atom is -0.269 e. The van der Waals surface area contributed by atoms with Crippen molar-refractivity contribution in [3.05, 3.63) is 23.2 Å². The third-order valence-corrected chi connectivity index (χ3v) is 4.67. The number of sulfonamides is 1. The van der Waals surface area contributed by atoms with E-state index in [1.807, 2.05) is 0 Å². The number of benzene rings is 1. The summed E-state index contributed by atoms with van der Waals surface area (Å²) in [5.41, 5.74) is -0.0584. The van der Waals surface area contributed by atoms with Gasteiger partial charge in [-0.2, -0.15) is 12.7 Å². The maximum absolute atomic E-state index is 11.6. The molecule has 1 aromatic rings. The first-order valence-corrected chi connectivity index (χ1v) is 7.93. The molecule has 0 saturated heterocycles. The topological polar surface area (TPSA) is 110 Å². The quantitative estimate of drug-likeness (QED) is 0.827. The van der Waals surface area contributed by atoms with Crippen LogP contribution in [0.15, 0.2) is 23.1 Å². The number of anilines is 1. The first-order valence-electron chi connectivity index (χ1n) is 4.56. The molecule has 0 aliphatic rings. The van der Waals surface area contributed by atoms with E-state index in [1.54, 1.807) is 0 Å². The van der Waals surface area contributed by atoms with Crippen LogP contribution in [0.2, 0.25) is 5.02 Å². The lowest BCUT2D eigenvalue weighted by molar-refractivity contribution is 0.526. The van der Waals surface area contributed by atoms with Crippen molar-refractivity contribution in [2.45, 2.75) is 4.90 Å². The Morgan fingerprint density at radius 3 is 2.22 bits per heavy atom. The molecule has 0 aliphatic carbocycles. The van der Waals surface area contributed by atoms with Crippen LogP contribution in [0.3, 0.4) is 0 Å². The summed E-state index contributed by atoms with van der Waals surface area (Å²) in [4.78, 5) is -0.233. The van der Waals surface area contributed by atoms with E-state index < -0.39 is 20.2 Å². The molecule has 0 aromatic heterocycles. The Balaban J connectivity index is 3.27. The van der Waals surface area contributed by atoms with Crippen LogP contribution in [0.25, 0.3) is 0 Å². The molecule has 10 heteroatoms. The first-order chi connectivity index (χ1) is 8.04. The fraction of sp³-hybridized carbons (Fsp3) is 0.250. The summed E-state index contributed by atoms with van der Waals surface area (Å²) < 4.78 is 48.5. The van der Waals surface area contributed by atoms with Crippen LogP contribution in [-0.2, 0) is 20.2 Å². The first kappa shape index (κ1) is 15.2. The highest BCUT2D eigenvalue weighted by Crippen LogP contribution is 2.25. The summed E-state index contributed by atoms with van der Waals surface area (Å²) in [7, 11) is -5.06. The van der Waals surface area contributed by atoms with Gasteiger partial charge >= 0.3 is 10.2 Å². The standard InChI is InChI=1S/C8H12ClN3O4S2/c1-12(2)18(15,16)11-8-5-6(17(10,13)14)3-4-7(8)9/h3-5,11H,1-2H3,(H2,10,13,14). The lowest BCUT2D eigenvalue weighted by atomic mass is 10.3. The van der Waals surface area contributed by atoms with Crippen LogP contribution in [0, 0.1) is 0 Å². The van der Waals surface area contributed by atoms with Crippen LogP contribution >= 0.6 is 11.6 Å². The summed E-state index contributed by atoms with van der Waals surface area (Å²) in [5, 5.41) is 5.00. The maximum Gasteiger partial charge on any atom is 0.301 e. The average molecular weight is 314 g/mol. The van der Waals surface area contributed by atoms with Crippen LogP contribution < -0.4 is 9.86 Å². The van der Waals surface area contributed by atoms with E-state index in [0.29, 0.717) is 0 Å². The van der Waals surface area contributed by atoms with Gasteiger partial charge in [-0.3, -0.25) is 4.72 Å². The molecule has 0 aliphatic heterocycles. The number of hydrogen-bond acceptors (Lipinski definition) is 4. The number of nitrogens with two attached hydrogens (primary N) is 1. The molecule has 102 valence electrons. The molecular weight excluding hydrogens is 302 g/mol. The third kappa shape index (κ3) is 3.56. The molecule has 0 saturated carbocycles. The van der Waals surface area contributed by atoms with Gasteiger partial charge in [-0.1, -0.05) is 11.6 Å². The molecule has 0 amide bonds. The summed E-state index contributed by atoms with van der Waals surface area (Å²) in [6.07, 6.45) is 0. The summed E-state index contributed by atoms with van der Waals surface area (Å²) in [5.74, 6) is 0. The Morgan fingerprint density at radius 1 is 1.22 bits per heavy atom. The van der Waals surface area contributed by atoms with Crippen LogP contribution in [0.5, 0.6) is 0 Å². The smallest absolute Gasteiger partial charge is 0.269 e. The Bertz CT molecular complexity index is 655. The summed E-state index contributed by atoms with van der Waals surface area (Å²) >= 11 is 5.78. The molecule has 18 heavy (non-hydrogen) atoms. The van der Waals surface area contributed by atoms with Gasteiger partial charge in [-0.05, 0) is 18.2 Å². The van der Waals surface area contributed by atoms with Gasteiger partial charge in [0.15, 0.2) is 0 Å². The van der Waals surface area contributed by atoms with E-state index in [4.69, 9.17) is 16.7 Å². The molecule has 1 aromatic carbocycles. The fourth-order valence-electron chi connectivity index (χ4n) is 0.990. The summed E-state index contributed by atoms with van der Waals surface area (Å²) in [6, 6.07) is 3.48. The molecule has 0 atom stereocenters. The number of nitrogens with one attached hydrogen (secondary N) is 1. The number of halogens is 1. The van der Waals surface area contributed by atoms with Crippen molar-refractivity contribution in [3.63, 3.8) is 0 Å². The molecular formula is C8H12ClN3O4S2. The van der Waals surface area contributed by atoms with E-state index in [9.17, 15) is 16.8 Å². The zero-order chi connectivity index (χ0) is 14.1. The summed E-state index contributed by atoms with van der Waals surface area (Å²) in [6.45, 7) is 0. The van der Waals surface area contributed by atoms with Crippen LogP contribution in [-0.4, -0.2) is 35.2 Å². The van der Waals surface area contributed by atoms with Gasteiger partial charge in [0.25, 0.3) is 0 Å². The van der Waals surface area contributed by atoms with Crippen LogP contribution in [0.4, 0.5) is 5.69 Å². The van der Waals surface area contributed by atoms with Crippen molar-refractivity contribution < 1.29 is 16.8 Å².